The Kier molecular flexibility index (Phi) is 7.00. The van der Waals surface area contributed by atoms with Gasteiger partial charge in [0.15, 0.2) is 11.6 Å². The molecule has 1 amide bonds. The first-order valence-electron chi connectivity index (χ1n) is 11.0. The maximum atomic E-state index is 13.7. The highest BCUT2D eigenvalue weighted by atomic mass is 32.2. The van der Waals surface area contributed by atoms with Crippen molar-refractivity contribution in [2.75, 3.05) is 0 Å². The van der Waals surface area contributed by atoms with E-state index in [1.807, 2.05) is 24.3 Å². The highest BCUT2D eigenvalue weighted by molar-refractivity contribution is 7.89. The number of amides is 1. The SMILES string of the molecule is Cc1cccc(S(=O)(=O)N[C@@H](Cc2c[nH]c3ccccc23)C(=O)N[C@H](C)c2ccc(F)c(F)c2)c1. The zero-order chi connectivity index (χ0) is 25.2. The largest absolute Gasteiger partial charge is 0.361 e. The Labute approximate surface area is 202 Å². The summed E-state index contributed by atoms with van der Waals surface area (Å²) < 4.78 is 55.8. The summed E-state index contributed by atoms with van der Waals surface area (Å²) in [4.78, 5) is 16.5. The number of sulfonamides is 1. The molecule has 6 nitrogen and oxygen atoms in total. The fourth-order valence-electron chi connectivity index (χ4n) is 3.93. The smallest absolute Gasteiger partial charge is 0.241 e. The summed E-state index contributed by atoms with van der Waals surface area (Å²) in [6.07, 6.45) is 1.82. The Morgan fingerprint density at radius 2 is 1.77 bits per heavy atom. The number of benzene rings is 3. The highest BCUT2D eigenvalue weighted by Gasteiger charge is 2.28. The van der Waals surface area contributed by atoms with E-state index in [0.717, 1.165) is 34.2 Å². The zero-order valence-corrected chi connectivity index (χ0v) is 20.0. The van der Waals surface area contributed by atoms with Gasteiger partial charge in [-0.05, 0) is 67.3 Å². The number of hydrogen-bond donors (Lipinski definition) is 3. The van der Waals surface area contributed by atoms with E-state index in [1.54, 1.807) is 32.2 Å². The van der Waals surface area contributed by atoms with Crippen molar-refractivity contribution in [3.05, 3.63) is 101 Å². The van der Waals surface area contributed by atoms with Crippen molar-refractivity contribution >= 4 is 26.8 Å². The van der Waals surface area contributed by atoms with Crippen molar-refractivity contribution < 1.29 is 22.0 Å². The van der Waals surface area contributed by atoms with Crippen molar-refractivity contribution in [1.82, 2.24) is 15.0 Å². The highest BCUT2D eigenvalue weighted by Crippen LogP contribution is 2.21. The lowest BCUT2D eigenvalue weighted by Crippen LogP contribution is -2.48. The third-order valence-electron chi connectivity index (χ3n) is 5.82. The topological polar surface area (TPSA) is 91.1 Å². The summed E-state index contributed by atoms with van der Waals surface area (Å²) in [7, 11) is -4.03. The molecule has 4 rings (SSSR count). The summed E-state index contributed by atoms with van der Waals surface area (Å²) in [5.74, 6) is -2.61. The third-order valence-corrected chi connectivity index (χ3v) is 7.28. The van der Waals surface area contributed by atoms with Crippen LogP contribution in [0.25, 0.3) is 10.9 Å². The quantitative estimate of drug-likeness (QED) is 0.334. The lowest BCUT2D eigenvalue weighted by Gasteiger charge is -2.22. The van der Waals surface area contributed by atoms with Crippen LogP contribution in [0.4, 0.5) is 8.78 Å². The standard InChI is InChI=1S/C26H25F2N3O3S/c1-16-6-5-7-20(12-16)35(33,34)31-25(14-19-15-29-24-9-4-3-8-21(19)24)26(32)30-17(2)18-10-11-22(27)23(28)13-18/h3-13,15,17,25,29,31H,14H2,1-2H3,(H,30,32)/t17-,25+/m1/s1. The van der Waals surface area contributed by atoms with Crippen molar-refractivity contribution in [3.63, 3.8) is 0 Å². The minimum absolute atomic E-state index is 0.0443. The molecule has 0 aliphatic heterocycles. The lowest BCUT2D eigenvalue weighted by molar-refractivity contribution is -0.123. The third kappa shape index (κ3) is 5.58. The average molecular weight is 498 g/mol. The lowest BCUT2D eigenvalue weighted by atomic mass is 10.0. The summed E-state index contributed by atoms with van der Waals surface area (Å²) in [6.45, 7) is 3.39. The van der Waals surface area contributed by atoms with E-state index in [4.69, 9.17) is 0 Å². The number of para-hydroxylation sites is 1. The summed E-state index contributed by atoms with van der Waals surface area (Å²) in [5.41, 5.74) is 2.73. The summed E-state index contributed by atoms with van der Waals surface area (Å²) in [6, 6.07) is 15.4. The molecule has 182 valence electrons. The number of halogens is 2. The molecule has 3 N–H and O–H groups in total. The Morgan fingerprint density at radius 1 is 1.00 bits per heavy atom. The van der Waals surface area contributed by atoms with Gasteiger partial charge >= 0.3 is 0 Å². The molecule has 0 spiro atoms. The molecule has 0 aliphatic carbocycles. The number of rotatable bonds is 8. The van der Waals surface area contributed by atoms with Gasteiger partial charge in [-0.2, -0.15) is 4.72 Å². The molecule has 1 aromatic heterocycles. The number of nitrogens with one attached hydrogen (secondary N) is 3. The molecular formula is C26H25F2N3O3S. The van der Waals surface area contributed by atoms with Crippen LogP contribution in [0.1, 0.15) is 29.7 Å². The van der Waals surface area contributed by atoms with Crippen molar-refractivity contribution in [2.45, 2.75) is 37.2 Å². The number of aryl methyl sites for hydroxylation is 1. The molecule has 0 aliphatic rings. The van der Waals surface area contributed by atoms with Gasteiger partial charge in [-0.25, -0.2) is 17.2 Å². The van der Waals surface area contributed by atoms with Gasteiger partial charge in [0.25, 0.3) is 0 Å². The average Bonchev–Trinajstić information content (AvgIpc) is 3.23. The van der Waals surface area contributed by atoms with Crippen LogP contribution in [0.2, 0.25) is 0 Å². The number of aromatic nitrogens is 1. The van der Waals surface area contributed by atoms with E-state index in [9.17, 15) is 22.0 Å². The molecule has 0 unspecified atom stereocenters. The van der Waals surface area contributed by atoms with Crippen molar-refractivity contribution in [1.29, 1.82) is 0 Å². The normalized spacial score (nSPS) is 13.5. The van der Waals surface area contributed by atoms with E-state index >= 15 is 0 Å². The molecular weight excluding hydrogens is 472 g/mol. The Morgan fingerprint density at radius 3 is 2.51 bits per heavy atom. The summed E-state index contributed by atoms with van der Waals surface area (Å²) in [5, 5.41) is 3.59. The van der Waals surface area contributed by atoms with Gasteiger partial charge in [0.2, 0.25) is 15.9 Å². The Hall–Kier alpha value is -3.56. The van der Waals surface area contributed by atoms with Gasteiger partial charge in [0, 0.05) is 17.1 Å². The fraction of sp³-hybridized carbons (Fsp3) is 0.192. The van der Waals surface area contributed by atoms with Crippen molar-refractivity contribution in [2.24, 2.45) is 0 Å². The first kappa shape index (κ1) is 24.6. The number of fused-ring (bicyclic) bond motifs is 1. The summed E-state index contributed by atoms with van der Waals surface area (Å²) >= 11 is 0. The molecule has 9 heteroatoms. The van der Waals surface area contributed by atoms with Crippen LogP contribution in [0.15, 0.2) is 77.8 Å². The van der Waals surface area contributed by atoms with Gasteiger partial charge in [0.05, 0.1) is 10.9 Å². The number of aromatic amines is 1. The fourth-order valence-corrected chi connectivity index (χ4v) is 5.22. The molecule has 35 heavy (non-hydrogen) atoms. The van der Waals surface area contributed by atoms with E-state index in [0.29, 0.717) is 5.56 Å². The second kappa shape index (κ2) is 9.97. The van der Waals surface area contributed by atoms with Crippen LogP contribution in [0, 0.1) is 18.6 Å². The van der Waals surface area contributed by atoms with Crippen LogP contribution >= 0.6 is 0 Å². The molecule has 0 bridgehead atoms. The maximum Gasteiger partial charge on any atom is 0.241 e. The van der Waals surface area contributed by atoms with Crippen LogP contribution < -0.4 is 10.0 Å². The monoisotopic (exact) mass is 497 g/mol. The van der Waals surface area contributed by atoms with E-state index < -0.39 is 39.6 Å². The van der Waals surface area contributed by atoms with Crippen LogP contribution in [0.3, 0.4) is 0 Å². The molecule has 4 aromatic rings. The Balaban J connectivity index is 1.63. The number of H-pyrrole nitrogens is 1. The number of carbonyl (C=O) groups excluding carboxylic acids is 1. The second-order valence-corrected chi connectivity index (χ2v) is 10.2. The molecule has 0 fully saturated rings. The van der Waals surface area contributed by atoms with E-state index in [-0.39, 0.29) is 11.3 Å². The van der Waals surface area contributed by atoms with Crippen molar-refractivity contribution in [3.8, 4) is 0 Å². The second-order valence-electron chi connectivity index (χ2n) is 8.46. The van der Waals surface area contributed by atoms with Crippen LogP contribution in [-0.4, -0.2) is 25.4 Å². The number of hydrogen-bond acceptors (Lipinski definition) is 3. The maximum absolute atomic E-state index is 13.7. The Bertz CT molecular complexity index is 1480. The molecule has 0 radical (unpaired) electrons. The number of carbonyl (C=O) groups is 1. The zero-order valence-electron chi connectivity index (χ0n) is 19.2. The van der Waals surface area contributed by atoms with E-state index in [2.05, 4.69) is 15.0 Å². The predicted octanol–water partition coefficient (Wildman–Crippen LogP) is 4.52. The molecule has 1 heterocycles. The van der Waals surface area contributed by atoms with Gasteiger partial charge in [-0.15, -0.1) is 0 Å². The first-order valence-corrected chi connectivity index (χ1v) is 12.5. The molecule has 3 aromatic carbocycles. The van der Waals surface area contributed by atoms with Gasteiger partial charge < -0.3 is 10.3 Å². The first-order chi connectivity index (χ1) is 16.6. The molecule has 0 saturated heterocycles. The minimum atomic E-state index is -4.03. The van der Waals surface area contributed by atoms with Gasteiger partial charge in [-0.1, -0.05) is 36.4 Å². The predicted molar refractivity (Wildman–Crippen MR) is 130 cm³/mol. The van der Waals surface area contributed by atoms with Gasteiger partial charge in [-0.3, -0.25) is 4.79 Å². The van der Waals surface area contributed by atoms with Gasteiger partial charge in [0.1, 0.15) is 6.04 Å². The molecule has 0 saturated carbocycles. The molecule has 2 atom stereocenters. The van der Waals surface area contributed by atoms with Crippen LogP contribution in [0.5, 0.6) is 0 Å². The van der Waals surface area contributed by atoms with Crippen LogP contribution in [-0.2, 0) is 21.2 Å². The minimum Gasteiger partial charge on any atom is -0.361 e. The van der Waals surface area contributed by atoms with E-state index in [1.165, 1.54) is 18.2 Å².